The molecule has 0 unspecified atom stereocenters. The zero-order valence-electron chi connectivity index (χ0n) is 14.1. The maximum absolute atomic E-state index is 13.5. The molecule has 1 saturated heterocycles. The molecule has 0 radical (unpaired) electrons. The van der Waals surface area contributed by atoms with Gasteiger partial charge in [-0.1, -0.05) is 12.1 Å². The fraction of sp³-hybridized carbons (Fsp3) is 0.556. The number of halogens is 1. The van der Waals surface area contributed by atoms with E-state index in [2.05, 4.69) is 16.0 Å². The summed E-state index contributed by atoms with van der Waals surface area (Å²) in [7, 11) is 0. The monoisotopic (exact) mass is 349 g/mol. The summed E-state index contributed by atoms with van der Waals surface area (Å²) in [6.45, 7) is 1.20. The summed E-state index contributed by atoms with van der Waals surface area (Å²) in [5.41, 5.74) is 0.000255. The Balaban J connectivity index is 1.32. The highest BCUT2D eigenvalue weighted by atomic mass is 19.1. The van der Waals surface area contributed by atoms with Gasteiger partial charge in [-0.3, -0.25) is 4.79 Å². The minimum Gasteiger partial charge on any atom is -0.378 e. The molecule has 1 aliphatic carbocycles. The van der Waals surface area contributed by atoms with Gasteiger partial charge in [0, 0.05) is 25.7 Å². The molecule has 3 rings (SSSR count). The summed E-state index contributed by atoms with van der Waals surface area (Å²) < 4.78 is 19.2. The molecule has 1 heterocycles. The number of carbonyl (C=O) groups is 2. The third-order valence-electron chi connectivity index (χ3n) is 4.61. The Morgan fingerprint density at radius 1 is 1.12 bits per heavy atom. The highest BCUT2D eigenvalue weighted by Gasteiger charge is 2.36. The van der Waals surface area contributed by atoms with Gasteiger partial charge in [-0.2, -0.15) is 0 Å². The number of urea groups is 1. The Morgan fingerprint density at radius 2 is 1.88 bits per heavy atom. The lowest BCUT2D eigenvalue weighted by atomic mass is 10.0. The van der Waals surface area contributed by atoms with Crippen molar-refractivity contribution in [2.24, 2.45) is 5.92 Å². The second-order valence-corrected chi connectivity index (χ2v) is 6.60. The van der Waals surface area contributed by atoms with Crippen molar-refractivity contribution in [1.29, 1.82) is 0 Å². The summed E-state index contributed by atoms with van der Waals surface area (Å²) in [6.07, 6.45) is 4.42. The van der Waals surface area contributed by atoms with Crippen LogP contribution in [0.3, 0.4) is 0 Å². The van der Waals surface area contributed by atoms with Gasteiger partial charge in [0.15, 0.2) is 0 Å². The van der Waals surface area contributed by atoms with E-state index in [4.69, 9.17) is 4.74 Å². The van der Waals surface area contributed by atoms with Gasteiger partial charge >= 0.3 is 6.03 Å². The second kappa shape index (κ2) is 8.29. The van der Waals surface area contributed by atoms with Crippen LogP contribution in [0.5, 0.6) is 0 Å². The first kappa shape index (κ1) is 17.7. The van der Waals surface area contributed by atoms with Crippen LogP contribution in [0.1, 0.15) is 36.0 Å². The lowest BCUT2D eigenvalue weighted by Gasteiger charge is -2.30. The summed E-state index contributed by atoms with van der Waals surface area (Å²) in [4.78, 5) is 23.8. The summed E-state index contributed by atoms with van der Waals surface area (Å²) in [5, 5.41) is 8.26. The van der Waals surface area contributed by atoms with Gasteiger partial charge in [0.1, 0.15) is 5.82 Å². The van der Waals surface area contributed by atoms with Crippen molar-refractivity contribution >= 4 is 11.9 Å². The van der Waals surface area contributed by atoms with E-state index in [0.717, 1.165) is 12.8 Å². The molecule has 0 bridgehead atoms. The molecule has 0 spiro atoms. The van der Waals surface area contributed by atoms with E-state index in [1.54, 1.807) is 6.07 Å². The molecule has 1 aromatic rings. The number of hydrogen-bond donors (Lipinski definition) is 3. The number of benzene rings is 1. The summed E-state index contributed by atoms with van der Waals surface area (Å²) in [6, 6.07) is 5.68. The van der Waals surface area contributed by atoms with Crippen LogP contribution in [0.25, 0.3) is 0 Å². The Kier molecular flexibility index (Phi) is 5.86. The molecule has 2 aliphatic rings. The lowest BCUT2D eigenvalue weighted by molar-refractivity contribution is -0.00913. The molecular formula is C18H24FN3O3. The first-order valence-corrected chi connectivity index (χ1v) is 8.82. The molecular weight excluding hydrogens is 325 g/mol. The van der Waals surface area contributed by atoms with E-state index < -0.39 is 11.7 Å². The number of rotatable bonds is 6. The summed E-state index contributed by atoms with van der Waals surface area (Å²) >= 11 is 0. The Hall–Kier alpha value is -2.15. The normalized spacial score (nSPS) is 22.9. The molecule has 1 aromatic carbocycles. The number of carbonyl (C=O) groups excluding carboxylic acids is 2. The fourth-order valence-electron chi connectivity index (χ4n) is 3.08. The quantitative estimate of drug-likeness (QED) is 0.686. The van der Waals surface area contributed by atoms with Crippen molar-refractivity contribution in [3.05, 3.63) is 35.6 Å². The van der Waals surface area contributed by atoms with Gasteiger partial charge in [0.05, 0.1) is 11.7 Å². The van der Waals surface area contributed by atoms with Gasteiger partial charge in [0.25, 0.3) is 5.91 Å². The number of nitrogens with one attached hydrogen (secondary N) is 3. The molecule has 25 heavy (non-hydrogen) atoms. The van der Waals surface area contributed by atoms with E-state index in [1.165, 1.54) is 31.0 Å². The highest BCUT2D eigenvalue weighted by molar-refractivity contribution is 5.94. The third kappa shape index (κ3) is 5.16. The minimum absolute atomic E-state index is 0.000255. The maximum Gasteiger partial charge on any atom is 0.315 e. The first-order valence-electron chi connectivity index (χ1n) is 8.82. The number of ether oxygens (including phenoxy) is 1. The predicted octanol–water partition coefficient (Wildman–Crippen LogP) is 1.81. The van der Waals surface area contributed by atoms with Gasteiger partial charge in [0.2, 0.25) is 0 Å². The van der Waals surface area contributed by atoms with E-state index in [0.29, 0.717) is 12.5 Å². The smallest absolute Gasteiger partial charge is 0.315 e. The van der Waals surface area contributed by atoms with Crippen LogP contribution in [-0.2, 0) is 4.74 Å². The van der Waals surface area contributed by atoms with Crippen LogP contribution in [0.2, 0.25) is 0 Å². The molecule has 0 aromatic heterocycles. The molecule has 3 amide bonds. The molecule has 2 atom stereocenters. The van der Waals surface area contributed by atoms with Gasteiger partial charge in [-0.25, -0.2) is 9.18 Å². The zero-order chi connectivity index (χ0) is 17.6. The van der Waals surface area contributed by atoms with Crippen LogP contribution in [0.15, 0.2) is 24.3 Å². The maximum atomic E-state index is 13.5. The standard InChI is InChI=1S/C18H24FN3O3/c19-15-4-2-1-3-14(15)17(23)20-8-9-21-18(24)22-13-7-10-25-16(11-13)12-5-6-12/h1-4,12-13,16H,5-11H2,(H,20,23)(H2,21,22,24)/t13-,16+/m1/s1. The van der Waals surface area contributed by atoms with Crippen molar-refractivity contribution in [2.45, 2.75) is 37.8 Å². The average molecular weight is 349 g/mol. The Bertz CT molecular complexity index is 621. The zero-order valence-corrected chi connectivity index (χ0v) is 14.1. The Morgan fingerprint density at radius 3 is 2.64 bits per heavy atom. The molecule has 3 N–H and O–H groups in total. The topological polar surface area (TPSA) is 79.5 Å². The van der Waals surface area contributed by atoms with E-state index in [9.17, 15) is 14.0 Å². The third-order valence-corrected chi connectivity index (χ3v) is 4.61. The van der Waals surface area contributed by atoms with Crippen molar-refractivity contribution in [1.82, 2.24) is 16.0 Å². The van der Waals surface area contributed by atoms with Gasteiger partial charge < -0.3 is 20.7 Å². The molecule has 1 saturated carbocycles. The summed E-state index contributed by atoms with van der Waals surface area (Å²) in [5.74, 6) is -0.381. The van der Waals surface area contributed by atoms with Gasteiger partial charge in [-0.15, -0.1) is 0 Å². The van der Waals surface area contributed by atoms with Crippen molar-refractivity contribution in [3.8, 4) is 0 Å². The highest BCUT2D eigenvalue weighted by Crippen LogP contribution is 2.38. The van der Waals surface area contributed by atoms with Crippen molar-refractivity contribution < 1.29 is 18.7 Å². The van der Waals surface area contributed by atoms with E-state index >= 15 is 0 Å². The average Bonchev–Trinajstić information content (AvgIpc) is 3.44. The van der Waals surface area contributed by atoms with Crippen LogP contribution in [0, 0.1) is 11.7 Å². The first-order chi connectivity index (χ1) is 12.1. The van der Waals surface area contributed by atoms with E-state index in [-0.39, 0.29) is 36.8 Å². The fourth-order valence-corrected chi connectivity index (χ4v) is 3.08. The van der Waals surface area contributed by atoms with Crippen LogP contribution >= 0.6 is 0 Å². The molecule has 1 aliphatic heterocycles. The minimum atomic E-state index is -0.560. The van der Waals surface area contributed by atoms with E-state index in [1.807, 2.05) is 0 Å². The van der Waals surface area contributed by atoms with Crippen LogP contribution < -0.4 is 16.0 Å². The Labute approximate surface area is 146 Å². The SMILES string of the molecule is O=C(NCCNC(=O)c1ccccc1F)N[C@@H]1CCO[C@H](C2CC2)C1. The molecule has 2 fully saturated rings. The number of amides is 3. The molecule has 7 heteroatoms. The van der Waals surface area contributed by atoms with Gasteiger partial charge in [-0.05, 0) is 43.7 Å². The van der Waals surface area contributed by atoms with Crippen LogP contribution in [-0.4, -0.2) is 43.8 Å². The largest absolute Gasteiger partial charge is 0.378 e. The van der Waals surface area contributed by atoms with Crippen molar-refractivity contribution in [3.63, 3.8) is 0 Å². The molecule has 6 nitrogen and oxygen atoms in total. The predicted molar refractivity (Wildman–Crippen MR) is 90.8 cm³/mol. The van der Waals surface area contributed by atoms with Crippen molar-refractivity contribution in [2.75, 3.05) is 19.7 Å². The lowest BCUT2D eigenvalue weighted by Crippen LogP contribution is -2.48. The number of hydrogen-bond acceptors (Lipinski definition) is 3. The molecule has 136 valence electrons. The second-order valence-electron chi connectivity index (χ2n) is 6.60. The van der Waals surface area contributed by atoms with Crippen LogP contribution in [0.4, 0.5) is 9.18 Å².